The molecule has 1 amide bonds. The second kappa shape index (κ2) is 9.16. The molecule has 0 unspecified atom stereocenters. The van der Waals surface area contributed by atoms with Gasteiger partial charge in [0.2, 0.25) is 5.91 Å². The molecule has 1 aliphatic heterocycles. The van der Waals surface area contributed by atoms with E-state index in [4.69, 9.17) is 4.74 Å². The molecule has 11 nitrogen and oxygen atoms in total. The number of hydrogen-bond donors (Lipinski definition) is 2. The molecule has 0 aromatic carbocycles. The summed E-state index contributed by atoms with van der Waals surface area (Å²) in [6.07, 6.45) is 4.53. The number of carbonyl (C=O) groups is 1. The van der Waals surface area contributed by atoms with Crippen LogP contribution in [-0.2, 0) is 26.4 Å². The van der Waals surface area contributed by atoms with Crippen LogP contribution in [0, 0.1) is 0 Å². The standard InChI is InChI=1S/C21H25N7O4S/c1-14(29)23-19-12-18(16(13-22-19)17-4-5-27(2)26-17)24-20-10-15(28-6-8-32-9-7-28)11-21(25-20)33(3,30)31/h4-5,10-13H,6-9H2,1-3H3,(H2,22,23,24,25,29). The Kier molecular flexibility index (Phi) is 6.29. The highest BCUT2D eigenvalue weighted by molar-refractivity contribution is 7.90. The van der Waals surface area contributed by atoms with Crippen LogP contribution in [0.3, 0.4) is 0 Å². The van der Waals surface area contributed by atoms with Crippen LogP contribution >= 0.6 is 0 Å². The highest BCUT2D eigenvalue weighted by Crippen LogP contribution is 2.32. The molecule has 0 aliphatic carbocycles. The van der Waals surface area contributed by atoms with Crippen LogP contribution in [-0.4, -0.2) is 66.6 Å². The summed E-state index contributed by atoms with van der Waals surface area (Å²) in [5, 5.41) is 10.3. The molecule has 3 aromatic heterocycles. The van der Waals surface area contributed by atoms with E-state index in [2.05, 4.69) is 30.6 Å². The Morgan fingerprint density at radius 3 is 2.55 bits per heavy atom. The number of nitrogens with zero attached hydrogens (tertiary/aromatic N) is 5. The molecule has 1 saturated heterocycles. The van der Waals surface area contributed by atoms with Crippen molar-refractivity contribution < 1.29 is 17.9 Å². The lowest BCUT2D eigenvalue weighted by Crippen LogP contribution is -2.36. The van der Waals surface area contributed by atoms with E-state index in [0.717, 1.165) is 11.9 Å². The summed E-state index contributed by atoms with van der Waals surface area (Å²) >= 11 is 0. The van der Waals surface area contributed by atoms with Gasteiger partial charge in [-0.05, 0) is 12.1 Å². The SMILES string of the molecule is CC(=O)Nc1cc(Nc2cc(N3CCOCC3)cc(S(C)(=O)=O)n2)c(-c2ccn(C)n2)cn1. The molecule has 4 heterocycles. The normalized spacial score (nSPS) is 14.2. The summed E-state index contributed by atoms with van der Waals surface area (Å²) in [5.74, 6) is 0.430. The average Bonchev–Trinajstić information content (AvgIpc) is 3.19. The van der Waals surface area contributed by atoms with Gasteiger partial charge in [0.1, 0.15) is 11.6 Å². The minimum absolute atomic E-state index is 0.0375. The number of hydrogen-bond acceptors (Lipinski definition) is 9. The molecular formula is C21H25N7O4S. The topological polar surface area (TPSA) is 131 Å². The van der Waals surface area contributed by atoms with E-state index in [9.17, 15) is 13.2 Å². The predicted octanol–water partition coefficient (Wildman–Crippen LogP) is 1.82. The molecule has 1 fully saturated rings. The zero-order valence-corrected chi connectivity index (χ0v) is 19.4. The Bertz CT molecular complexity index is 1280. The lowest BCUT2D eigenvalue weighted by atomic mass is 10.1. The molecule has 1 aliphatic rings. The van der Waals surface area contributed by atoms with Crippen molar-refractivity contribution in [2.75, 3.05) is 48.1 Å². The van der Waals surface area contributed by atoms with Gasteiger partial charge in [-0.25, -0.2) is 18.4 Å². The Labute approximate surface area is 191 Å². The van der Waals surface area contributed by atoms with E-state index < -0.39 is 9.84 Å². The third-order valence-electron chi connectivity index (χ3n) is 5.00. The number of sulfone groups is 1. The molecule has 12 heteroatoms. The van der Waals surface area contributed by atoms with Crippen molar-refractivity contribution in [3.63, 3.8) is 0 Å². The Hall–Kier alpha value is -3.51. The van der Waals surface area contributed by atoms with Crippen molar-refractivity contribution in [3.8, 4) is 11.3 Å². The molecule has 2 N–H and O–H groups in total. The summed E-state index contributed by atoms with van der Waals surface area (Å²) in [5.41, 5.74) is 2.63. The van der Waals surface area contributed by atoms with Crippen molar-refractivity contribution in [2.45, 2.75) is 11.9 Å². The molecule has 0 atom stereocenters. The van der Waals surface area contributed by atoms with Gasteiger partial charge in [0, 0.05) is 69.1 Å². The van der Waals surface area contributed by atoms with Crippen molar-refractivity contribution in [2.24, 2.45) is 7.05 Å². The summed E-state index contributed by atoms with van der Waals surface area (Å²) in [6, 6.07) is 6.86. The summed E-state index contributed by atoms with van der Waals surface area (Å²) < 4.78 is 31.8. The largest absolute Gasteiger partial charge is 0.378 e. The number of amides is 1. The van der Waals surface area contributed by atoms with Gasteiger partial charge < -0.3 is 20.3 Å². The molecular weight excluding hydrogens is 446 g/mol. The van der Waals surface area contributed by atoms with Crippen LogP contribution in [0.1, 0.15) is 6.92 Å². The van der Waals surface area contributed by atoms with Crippen LogP contribution in [0.15, 0.2) is 41.7 Å². The van der Waals surface area contributed by atoms with E-state index >= 15 is 0 Å². The first-order valence-corrected chi connectivity index (χ1v) is 12.2. The fourth-order valence-electron chi connectivity index (χ4n) is 3.46. The molecule has 4 rings (SSSR count). The second-order valence-corrected chi connectivity index (χ2v) is 9.68. The summed E-state index contributed by atoms with van der Waals surface area (Å²) in [7, 11) is -1.75. The first-order valence-electron chi connectivity index (χ1n) is 10.3. The zero-order valence-electron chi connectivity index (χ0n) is 18.6. The number of morpholine rings is 1. The average molecular weight is 472 g/mol. The number of rotatable bonds is 6. The Morgan fingerprint density at radius 2 is 1.91 bits per heavy atom. The fourth-order valence-corrected chi connectivity index (χ4v) is 4.06. The highest BCUT2D eigenvalue weighted by atomic mass is 32.2. The van der Waals surface area contributed by atoms with Crippen LogP contribution in [0.25, 0.3) is 11.3 Å². The maximum absolute atomic E-state index is 12.3. The predicted molar refractivity (Wildman–Crippen MR) is 124 cm³/mol. The quantitative estimate of drug-likeness (QED) is 0.552. The Morgan fingerprint density at radius 1 is 1.15 bits per heavy atom. The van der Waals surface area contributed by atoms with Crippen molar-refractivity contribution in [1.82, 2.24) is 19.7 Å². The minimum atomic E-state index is -3.56. The molecule has 0 radical (unpaired) electrons. The van der Waals surface area contributed by atoms with E-state index in [1.807, 2.05) is 6.07 Å². The van der Waals surface area contributed by atoms with E-state index in [1.54, 1.807) is 42.3 Å². The van der Waals surface area contributed by atoms with Crippen LogP contribution < -0.4 is 15.5 Å². The van der Waals surface area contributed by atoms with E-state index in [-0.39, 0.29) is 10.9 Å². The fraction of sp³-hybridized carbons (Fsp3) is 0.333. The van der Waals surface area contributed by atoms with Crippen molar-refractivity contribution >= 4 is 38.8 Å². The van der Waals surface area contributed by atoms with Crippen molar-refractivity contribution in [3.05, 3.63) is 36.7 Å². The van der Waals surface area contributed by atoms with Crippen LogP contribution in [0.2, 0.25) is 0 Å². The minimum Gasteiger partial charge on any atom is -0.378 e. The van der Waals surface area contributed by atoms with Gasteiger partial charge in [-0.15, -0.1) is 0 Å². The first-order chi connectivity index (χ1) is 15.7. The maximum atomic E-state index is 12.3. The molecule has 33 heavy (non-hydrogen) atoms. The van der Waals surface area contributed by atoms with Crippen molar-refractivity contribution in [1.29, 1.82) is 0 Å². The summed E-state index contributed by atoms with van der Waals surface area (Å²) in [4.78, 5) is 22.2. The zero-order chi connectivity index (χ0) is 23.6. The molecule has 0 saturated carbocycles. The highest BCUT2D eigenvalue weighted by Gasteiger charge is 2.19. The molecule has 0 bridgehead atoms. The van der Waals surface area contributed by atoms with Gasteiger partial charge in [0.15, 0.2) is 14.9 Å². The van der Waals surface area contributed by atoms with Gasteiger partial charge >= 0.3 is 0 Å². The lowest BCUT2D eigenvalue weighted by molar-refractivity contribution is -0.114. The van der Waals surface area contributed by atoms with E-state index in [1.165, 1.54) is 6.92 Å². The maximum Gasteiger partial charge on any atom is 0.222 e. The smallest absolute Gasteiger partial charge is 0.222 e. The Balaban J connectivity index is 1.78. The third kappa shape index (κ3) is 5.46. The van der Waals surface area contributed by atoms with Crippen LogP contribution in [0.4, 0.5) is 23.0 Å². The summed E-state index contributed by atoms with van der Waals surface area (Å²) in [6.45, 7) is 3.82. The van der Waals surface area contributed by atoms with Gasteiger partial charge in [0.05, 0.1) is 24.6 Å². The number of aromatic nitrogens is 4. The molecule has 3 aromatic rings. The molecule has 174 valence electrons. The monoisotopic (exact) mass is 471 g/mol. The number of nitrogens with one attached hydrogen (secondary N) is 2. The molecule has 0 spiro atoms. The number of aryl methyl sites for hydroxylation is 1. The van der Waals surface area contributed by atoms with E-state index in [0.29, 0.717) is 54.9 Å². The number of carbonyl (C=O) groups excluding carboxylic acids is 1. The van der Waals surface area contributed by atoms with Crippen LogP contribution in [0.5, 0.6) is 0 Å². The third-order valence-corrected chi connectivity index (χ3v) is 5.97. The lowest BCUT2D eigenvalue weighted by Gasteiger charge is -2.29. The number of anilines is 4. The van der Waals surface area contributed by atoms with Gasteiger partial charge in [-0.1, -0.05) is 0 Å². The number of ether oxygens (including phenoxy) is 1. The second-order valence-electron chi connectivity index (χ2n) is 7.72. The number of pyridine rings is 2. The first kappa shape index (κ1) is 22.7. The van der Waals surface area contributed by atoms with Gasteiger partial charge in [0.25, 0.3) is 0 Å². The van der Waals surface area contributed by atoms with Gasteiger partial charge in [-0.2, -0.15) is 5.10 Å². The van der Waals surface area contributed by atoms with Gasteiger partial charge in [-0.3, -0.25) is 9.48 Å².